The van der Waals surface area contributed by atoms with Gasteiger partial charge in [0.1, 0.15) is 5.75 Å². The fourth-order valence-corrected chi connectivity index (χ4v) is 2.28. The van der Waals surface area contributed by atoms with Crippen molar-refractivity contribution < 1.29 is 14.5 Å². The number of non-ortho nitro benzene ring substituents is 1. The van der Waals surface area contributed by atoms with Gasteiger partial charge in [0.25, 0.3) is 11.6 Å². The second-order valence-corrected chi connectivity index (χ2v) is 5.79. The number of nitrogens with one attached hydrogen (secondary N) is 1. The molecule has 0 aliphatic rings. The molecule has 2 aromatic rings. The summed E-state index contributed by atoms with van der Waals surface area (Å²) in [5.41, 5.74) is 2.12. The van der Waals surface area contributed by atoms with E-state index in [1.54, 1.807) is 13.0 Å². The molecule has 2 aromatic carbocycles. The van der Waals surface area contributed by atoms with Crippen LogP contribution in [0.25, 0.3) is 0 Å². The van der Waals surface area contributed by atoms with Crippen LogP contribution in [0.15, 0.2) is 42.5 Å². The van der Waals surface area contributed by atoms with Gasteiger partial charge in [-0.15, -0.1) is 0 Å². The summed E-state index contributed by atoms with van der Waals surface area (Å²) >= 11 is 0. The van der Waals surface area contributed by atoms with Crippen LogP contribution in [0.5, 0.6) is 5.75 Å². The molecule has 0 saturated heterocycles. The van der Waals surface area contributed by atoms with Crippen LogP contribution in [0, 0.1) is 17.0 Å². The number of hydrogen-bond acceptors (Lipinski definition) is 4. The molecule has 0 atom stereocenters. The first kappa shape index (κ1) is 17.5. The fourth-order valence-electron chi connectivity index (χ4n) is 2.28. The number of anilines is 1. The van der Waals surface area contributed by atoms with Crippen molar-refractivity contribution in [2.24, 2.45) is 0 Å². The van der Waals surface area contributed by atoms with Gasteiger partial charge >= 0.3 is 0 Å². The predicted octanol–water partition coefficient (Wildman–Crippen LogP) is 4.04. The van der Waals surface area contributed by atoms with Gasteiger partial charge < -0.3 is 10.1 Å². The van der Waals surface area contributed by atoms with Crippen LogP contribution in [0.1, 0.15) is 30.9 Å². The van der Waals surface area contributed by atoms with E-state index < -0.39 is 4.92 Å². The number of carbonyl (C=O) groups excluding carboxylic acids is 1. The number of carbonyl (C=O) groups is 1. The first-order valence-corrected chi connectivity index (χ1v) is 7.65. The normalized spacial score (nSPS) is 10.5. The number of hydrogen-bond donors (Lipinski definition) is 1. The Balaban J connectivity index is 2.05. The lowest BCUT2D eigenvalue weighted by Gasteiger charge is -2.14. The number of nitro groups is 1. The van der Waals surface area contributed by atoms with E-state index in [0.29, 0.717) is 11.4 Å². The molecule has 0 unspecified atom stereocenters. The highest BCUT2D eigenvalue weighted by Crippen LogP contribution is 2.26. The molecule has 126 valence electrons. The van der Waals surface area contributed by atoms with E-state index in [1.807, 2.05) is 24.3 Å². The molecule has 0 fully saturated rings. The standard InChI is InChI=1S/C18H20N2O4/c1-12(2)15-6-4-5-7-17(15)24-11-18(21)19-16-10-14(20(22)23)9-8-13(16)3/h4-10,12H,11H2,1-3H3,(H,19,21). The van der Waals surface area contributed by atoms with Crippen molar-refractivity contribution >= 4 is 17.3 Å². The monoisotopic (exact) mass is 328 g/mol. The maximum atomic E-state index is 12.1. The van der Waals surface area contributed by atoms with Gasteiger partial charge in [-0.25, -0.2) is 0 Å². The second-order valence-electron chi connectivity index (χ2n) is 5.79. The number of amides is 1. The van der Waals surface area contributed by atoms with Crippen LogP contribution in [0.2, 0.25) is 0 Å². The van der Waals surface area contributed by atoms with E-state index in [1.165, 1.54) is 12.1 Å². The molecular formula is C18H20N2O4. The molecule has 0 aliphatic carbocycles. The third-order valence-corrected chi connectivity index (χ3v) is 3.61. The summed E-state index contributed by atoms with van der Waals surface area (Å²) in [6.07, 6.45) is 0. The average Bonchev–Trinajstić information content (AvgIpc) is 2.55. The van der Waals surface area contributed by atoms with E-state index in [2.05, 4.69) is 19.2 Å². The number of nitrogens with zero attached hydrogens (tertiary/aromatic N) is 1. The van der Waals surface area contributed by atoms with Crippen LogP contribution in [0.3, 0.4) is 0 Å². The predicted molar refractivity (Wildman–Crippen MR) is 92.5 cm³/mol. The Morgan fingerprint density at radius 1 is 1.25 bits per heavy atom. The molecule has 1 amide bonds. The van der Waals surface area contributed by atoms with Crippen molar-refractivity contribution in [2.75, 3.05) is 11.9 Å². The summed E-state index contributed by atoms with van der Waals surface area (Å²) < 4.78 is 5.60. The van der Waals surface area contributed by atoms with Crippen molar-refractivity contribution in [2.45, 2.75) is 26.7 Å². The van der Waals surface area contributed by atoms with Crippen LogP contribution in [0.4, 0.5) is 11.4 Å². The summed E-state index contributed by atoms with van der Waals surface area (Å²) in [7, 11) is 0. The van der Waals surface area contributed by atoms with Crippen molar-refractivity contribution in [3.05, 3.63) is 63.7 Å². The number of para-hydroxylation sites is 1. The summed E-state index contributed by atoms with van der Waals surface area (Å²) in [6, 6.07) is 11.9. The third-order valence-electron chi connectivity index (χ3n) is 3.61. The topological polar surface area (TPSA) is 81.5 Å². The highest BCUT2D eigenvalue weighted by Gasteiger charge is 2.13. The van der Waals surface area contributed by atoms with Crippen molar-refractivity contribution in [1.29, 1.82) is 0 Å². The Morgan fingerprint density at radius 2 is 1.96 bits per heavy atom. The molecule has 0 radical (unpaired) electrons. The molecule has 0 bridgehead atoms. The Morgan fingerprint density at radius 3 is 2.62 bits per heavy atom. The molecule has 0 heterocycles. The minimum absolute atomic E-state index is 0.0676. The van der Waals surface area contributed by atoms with Gasteiger partial charge in [0.05, 0.1) is 10.6 Å². The van der Waals surface area contributed by atoms with Gasteiger partial charge in [0.15, 0.2) is 6.61 Å². The molecule has 0 saturated carbocycles. The SMILES string of the molecule is Cc1ccc([N+](=O)[O-])cc1NC(=O)COc1ccccc1C(C)C. The molecule has 0 aromatic heterocycles. The lowest BCUT2D eigenvalue weighted by atomic mass is 10.0. The lowest BCUT2D eigenvalue weighted by Crippen LogP contribution is -2.21. The van der Waals surface area contributed by atoms with Crippen molar-refractivity contribution in [1.82, 2.24) is 0 Å². The number of benzene rings is 2. The van der Waals surface area contributed by atoms with Crippen molar-refractivity contribution in [3.8, 4) is 5.75 Å². The van der Waals surface area contributed by atoms with Gasteiger partial charge in [0.2, 0.25) is 0 Å². The quantitative estimate of drug-likeness (QED) is 0.641. The summed E-state index contributed by atoms with van der Waals surface area (Å²) in [6.45, 7) is 5.71. The van der Waals surface area contributed by atoms with Gasteiger partial charge in [-0.2, -0.15) is 0 Å². The molecule has 24 heavy (non-hydrogen) atoms. The molecule has 0 spiro atoms. The van der Waals surface area contributed by atoms with Crippen LogP contribution in [-0.4, -0.2) is 17.4 Å². The van der Waals surface area contributed by atoms with E-state index in [-0.39, 0.29) is 24.1 Å². The Labute approximate surface area is 140 Å². The van der Waals surface area contributed by atoms with Gasteiger partial charge in [-0.3, -0.25) is 14.9 Å². The number of aryl methyl sites for hydroxylation is 1. The average molecular weight is 328 g/mol. The largest absolute Gasteiger partial charge is 0.483 e. The van der Waals surface area contributed by atoms with E-state index >= 15 is 0 Å². The van der Waals surface area contributed by atoms with Gasteiger partial charge in [-0.05, 0) is 30.0 Å². The van der Waals surface area contributed by atoms with Crippen LogP contribution < -0.4 is 10.1 Å². The zero-order valence-corrected chi connectivity index (χ0v) is 13.9. The minimum Gasteiger partial charge on any atom is -0.483 e. The Hall–Kier alpha value is -2.89. The smallest absolute Gasteiger partial charge is 0.271 e. The summed E-state index contributed by atoms with van der Waals surface area (Å²) in [4.78, 5) is 22.4. The van der Waals surface area contributed by atoms with E-state index in [4.69, 9.17) is 4.74 Å². The first-order valence-electron chi connectivity index (χ1n) is 7.65. The van der Waals surface area contributed by atoms with E-state index in [9.17, 15) is 14.9 Å². The number of nitro benzene ring substituents is 1. The highest BCUT2D eigenvalue weighted by molar-refractivity contribution is 5.93. The zero-order valence-electron chi connectivity index (χ0n) is 13.9. The summed E-state index contributed by atoms with van der Waals surface area (Å²) in [5.74, 6) is 0.582. The minimum atomic E-state index is -0.496. The molecule has 2 rings (SSSR count). The second kappa shape index (κ2) is 7.59. The molecule has 6 nitrogen and oxygen atoms in total. The number of rotatable bonds is 6. The fraction of sp³-hybridized carbons (Fsp3) is 0.278. The number of ether oxygens (including phenoxy) is 1. The Bertz CT molecular complexity index is 756. The van der Waals surface area contributed by atoms with Gasteiger partial charge in [0, 0.05) is 12.1 Å². The van der Waals surface area contributed by atoms with Crippen LogP contribution >= 0.6 is 0 Å². The third kappa shape index (κ3) is 4.32. The summed E-state index contributed by atoms with van der Waals surface area (Å²) in [5, 5.41) is 13.5. The van der Waals surface area contributed by atoms with Crippen LogP contribution in [-0.2, 0) is 4.79 Å². The lowest BCUT2D eigenvalue weighted by molar-refractivity contribution is -0.384. The Kier molecular flexibility index (Phi) is 5.52. The van der Waals surface area contributed by atoms with Gasteiger partial charge in [-0.1, -0.05) is 38.1 Å². The maximum absolute atomic E-state index is 12.1. The van der Waals surface area contributed by atoms with E-state index in [0.717, 1.165) is 11.1 Å². The van der Waals surface area contributed by atoms with Crippen molar-refractivity contribution in [3.63, 3.8) is 0 Å². The molecule has 1 N–H and O–H groups in total. The molecule has 0 aliphatic heterocycles. The maximum Gasteiger partial charge on any atom is 0.271 e. The highest BCUT2D eigenvalue weighted by atomic mass is 16.6. The zero-order chi connectivity index (χ0) is 17.7. The molecular weight excluding hydrogens is 308 g/mol. The first-order chi connectivity index (χ1) is 11.4. The molecule has 6 heteroatoms.